The fourth-order valence-electron chi connectivity index (χ4n) is 2.28. The smallest absolute Gasteiger partial charge is 0.409 e. The monoisotopic (exact) mass is 288 g/mol. The zero-order chi connectivity index (χ0) is 14.8. The summed E-state index contributed by atoms with van der Waals surface area (Å²) < 4.78 is 16.0. The van der Waals surface area contributed by atoms with Crippen LogP contribution in [0.1, 0.15) is 33.6 Å². The number of carbonyl (C=O) groups is 1. The van der Waals surface area contributed by atoms with E-state index >= 15 is 0 Å². The molecule has 0 unspecified atom stereocenters. The van der Waals surface area contributed by atoms with E-state index in [0.717, 1.165) is 25.9 Å². The van der Waals surface area contributed by atoms with Crippen molar-refractivity contribution in [1.29, 1.82) is 0 Å². The highest BCUT2D eigenvalue weighted by Gasteiger charge is 2.23. The first-order chi connectivity index (χ1) is 9.71. The van der Waals surface area contributed by atoms with Crippen molar-refractivity contribution in [2.24, 2.45) is 0 Å². The predicted molar refractivity (Wildman–Crippen MR) is 76.7 cm³/mol. The zero-order valence-corrected chi connectivity index (χ0v) is 12.9. The number of nitrogens with one attached hydrogen (secondary N) is 1. The van der Waals surface area contributed by atoms with Gasteiger partial charge in [0.25, 0.3) is 0 Å². The van der Waals surface area contributed by atoms with E-state index in [2.05, 4.69) is 5.32 Å². The van der Waals surface area contributed by atoms with E-state index in [1.807, 2.05) is 20.8 Å². The van der Waals surface area contributed by atoms with Crippen LogP contribution in [0.2, 0.25) is 0 Å². The maximum atomic E-state index is 11.6. The Labute approximate surface area is 121 Å². The number of carbonyl (C=O) groups excluding carboxylic acids is 1. The van der Waals surface area contributed by atoms with Gasteiger partial charge in [-0.1, -0.05) is 0 Å². The molecule has 0 bridgehead atoms. The van der Waals surface area contributed by atoms with E-state index in [-0.39, 0.29) is 12.4 Å². The van der Waals surface area contributed by atoms with Crippen LogP contribution in [0.5, 0.6) is 0 Å². The van der Waals surface area contributed by atoms with Crippen molar-refractivity contribution in [2.75, 3.05) is 39.5 Å². The highest BCUT2D eigenvalue weighted by molar-refractivity contribution is 5.67. The van der Waals surface area contributed by atoms with Crippen molar-refractivity contribution in [3.05, 3.63) is 0 Å². The molecule has 1 N–H and O–H groups in total. The number of hydrogen-bond acceptors (Lipinski definition) is 5. The third kappa shape index (κ3) is 6.07. The molecule has 0 atom stereocenters. The van der Waals surface area contributed by atoms with Crippen LogP contribution in [0.25, 0.3) is 0 Å². The van der Waals surface area contributed by atoms with E-state index in [1.54, 1.807) is 4.90 Å². The Balaban J connectivity index is 2.22. The van der Waals surface area contributed by atoms with Gasteiger partial charge in [-0.15, -0.1) is 0 Å². The van der Waals surface area contributed by atoms with Crippen LogP contribution in [0.4, 0.5) is 4.79 Å². The molecule has 0 aromatic rings. The first-order valence-electron chi connectivity index (χ1n) is 7.59. The lowest BCUT2D eigenvalue weighted by Crippen LogP contribution is -2.47. The molecule has 6 nitrogen and oxygen atoms in total. The van der Waals surface area contributed by atoms with E-state index < -0.39 is 0 Å². The molecule has 0 aromatic carbocycles. The molecule has 0 radical (unpaired) electrons. The third-order valence-electron chi connectivity index (χ3n) is 3.30. The quantitative estimate of drug-likeness (QED) is 0.687. The molecule has 0 aromatic heterocycles. The fraction of sp³-hybridized carbons (Fsp3) is 0.929. The Morgan fingerprint density at radius 2 is 1.75 bits per heavy atom. The summed E-state index contributed by atoms with van der Waals surface area (Å²) in [4.78, 5) is 13.4. The van der Waals surface area contributed by atoms with Gasteiger partial charge in [0.15, 0.2) is 6.29 Å². The number of amides is 1. The summed E-state index contributed by atoms with van der Waals surface area (Å²) in [5.74, 6) is 0. The number of piperidine rings is 1. The van der Waals surface area contributed by atoms with Gasteiger partial charge < -0.3 is 24.4 Å². The lowest BCUT2D eigenvalue weighted by Gasteiger charge is -2.32. The number of hydrogen-bond donors (Lipinski definition) is 1. The second-order valence-corrected chi connectivity index (χ2v) is 4.71. The highest BCUT2D eigenvalue weighted by Crippen LogP contribution is 2.11. The topological polar surface area (TPSA) is 60.0 Å². The Morgan fingerprint density at radius 1 is 1.15 bits per heavy atom. The van der Waals surface area contributed by atoms with E-state index in [1.165, 1.54) is 0 Å². The van der Waals surface area contributed by atoms with Gasteiger partial charge in [0.2, 0.25) is 0 Å². The Morgan fingerprint density at radius 3 is 2.25 bits per heavy atom. The number of ether oxygens (including phenoxy) is 3. The molecule has 1 fully saturated rings. The molecule has 1 aliphatic heterocycles. The van der Waals surface area contributed by atoms with Gasteiger partial charge in [-0.3, -0.25) is 0 Å². The maximum absolute atomic E-state index is 11.6. The van der Waals surface area contributed by atoms with Gasteiger partial charge in [-0.25, -0.2) is 4.79 Å². The minimum absolute atomic E-state index is 0.187. The van der Waals surface area contributed by atoms with Crippen molar-refractivity contribution in [3.63, 3.8) is 0 Å². The second-order valence-electron chi connectivity index (χ2n) is 4.71. The molecular formula is C14H28N2O4. The summed E-state index contributed by atoms with van der Waals surface area (Å²) in [5, 5.41) is 3.45. The molecule has 1 rings (SSSR count). The summed E-state index contributed by atoms with van der Waals surface area (Å²) in [7, 11) is 0. The number of likely N-dealkylation sites (tertiary alicyclic amines) is 1. The molecular weight excluding hydrogens is 260 g/mol. The van der Waals surface area contributed by atoms with Crippen molar-refractivity contribution in [2.45, 2.75) is 45.9 Å². The predicted octanol–water partition coefficient (Wildman–Crippen LogP) is 1.60. The molecule has 118 valence electrons. The van der Waals surface area contributed by atoms with Crippen molar-refractivity contribution in [3.8, 4) is 0 Å². The van der Waals surface area contributed by atoms with Crippen LogP contribution >= 0.6 is 0 Å². The van der Waals surface area contributed by atoms with Crippen molar-refractivity contribution in [1.82, 2.24) is 10.2 Å². The first-order valence-corrected chi connectivity index (χ1v) is 7.59. The molecule has 1 amide bonds. The van der Waals surface area contributed by atoms with Gasteiger partial charge in [-0.2, -0.15) is 0 Å². The molecule has 0 aliphatic carbocycles. The lowest BCUT2D eigenvalue weighted by atomic mass is 10.1. The van der Waals surface area contributed by atoms with Gasteiger partial charge in [0, 0.05) is 38.9 Å². The Hall–Kier alpha value is -0.850. The average molecular weight is 288 g/mol. The van der Waals surface area contributed by atoms with Crippen molar-refractivity contribution >= 4 is 6.09 Å². The van der Waals surface area contributed by atoms with E-state index in [0.29, 0.717) is 32.4 Å². The maximum Gasteiger partial charge on any atom is 0.409 e. The van der Waals surface area contributed by atoms with Crippen LogP contribution in [0.3, 0.4) is 0 Å². The molecule has 0 spiro atoms. The summed E-state index contributed by atoms with van der Waals surface area (Å²) in [6.45, 7) is 9.64. The van der Waals surface area contributed by atoms with Gasteiger partial charge in [0.05, 0.1) is 6.61 Å². The van der Waals surface area contributed by atoms with E-state index in [9.17, 15) is 4.79 Å². The van der Waals surface area contributed by atoms with Gasteiger partial charge in [0.1, 0.15) is 0 Å². The summed E-state index contributed by atoms with van der Waals surface area (Å²) in [5.41, 5.74) is 0. The van der Waals surface area contributed by atoms with Crippen LogP contribution in [-0.2, 0) is 14.2 Å². The number of nitrogens with zero attached hydrogens (tertiary/aromatic N) is 1. The summed E-state index contributed by atoms with van der Waals surface area (Å²) in [6.07, 6.45) is 1.48. The van der Waals surface area contributed by atoms with Crippen LogP contribution < -0.4 is 5.32 Å². The molecule has 1 heterocycles. The lowest BCUT2D eigenvalue weighted by molar-refractivity contribution is -0.134. The Kier molecular flexibility index (Phi) is 8.57. The first kappa shape index (κ1) is 17.2. The van der Waals surface area contributed by atoms with Crippen LogP contribution in [0, 0.1) is 0 Å². The SMILES string of the molecule is CCOC(=O)N1CCC(NCC(OCC)OCC)CC1. The Bertz CT molecular complexity index is 262. The molecule has 0 saturated carbocycles. The van der Waals surface area contributed by atoms with Crippen LogP contribution in [0.15, 0.2) is 0 Å². The minimum atomic E-state index is -0.201. The summed E-state index contributed by atoms with van der Waals surface area (Å²) >= 11 is 0. The molecule has 20 heavy (non-hydrogen) atoms. The van der Waals surface area contributed by atoms with Crippen LogP contribution in [-0.4, -0.2) is 62.8 Å². The average Bonchev–Trinajstić information content (AvgIpc) is 2.46. The molecule has 1 aliphatic rings. The fourth-order valence-corrected chi connectivity index (χ4v) is 2.28. The third-order valence-corrected chi connectivity index (χ3v) is 3.30. The second kappa shape index (κ2) is 9.96. The minimum Gasteiger partial charge on any atom is -0.450 e. The molecule has 1 saturated heterocycles. The van der Waals surface area contributed by atoms with E-state index in [4.69, 9.17) is 14.2 Å². The largest absolute Gasteiger partial charge is 0.450 e. The normalized spacial score (nSPS) is 16.7. The van der Waals surface area contributed by atoms with Gasteiger partial charge >= 0.3 is 6.09 Å². The standard InChI is InChI=1S/C14H28N2O4/c1-4-18-13(19-5-2)11-15-12-7-9-16(10-8-12)14(17)20-6-3/h12-13,15H,4-11H2,1-3H3. The zero-order valence-electron chi connectivity index (χ0n) is 12.9. The van der Waals surface area contributed by atoms with Crippen molar-refractivity contribution < 1.29 is 19.0 Å². The molecule has 6 heteroatoms. The summed E-state index contributed by atoms with van der Waals surface area (Å²) in [6, 6.07) is 0.407. The van der Waals surface area contributed by atoms with Gasteiger partial charge in [-0.05, 0) is 33.6 Å². The number of rotatable bonds is 8. The highest BCUT2D eigenvalue weighted by atomic mass is 16.7.